The molecule has 0 aromatic heterocycles. The van der Waals surface area contributed by atoms with E-state index in [-0.39, 0.29) is 0 Å². The first-order chi connectivity index (χ1) is 6.75. The van der Waals surface area contributed by atoms with Crippen molar-refractivity contribution >= 4 is 5.91 Å². The maximum atomic E-state index is 11.7. The van der Waals surface area contributed by atoms with Crippen LogP contribution in [-0.4, -0.2) is 12.5 Å². The molecule has 0 unspecified atom stereocenters. The Morgan fingerprint density at radius 3 is 2.36 bits per heavy atom. The van der Waals surface area contributed by atoms with Crippen molar-refractivity contribution < 1.29 is 4.79 Å². The lowest BCUT2D eigenvalue weighted by Gasteiger charge is -2.25. The number of hydrogen-bond acceptors (Lipinski definition) is 1. The Labute approximate surface area is 86.5 Å². The molecule has 0 spiro atoms. The van der Waals surface area contributed by atoms with Crippen LogP contribution < -0.4 is 5.32 Å². The van der Waals surface area contributed by atoms with Gasteiger partial charge < -0.3 is 5.32 Å². The first-order valence-corrected chi connectivity index (χ1v) is 6.03. The molecule has 0 bridgehead atoms. The monoisotopic (exact) mass is 195 g/mol. The first kappa shape index (κ1) is 10.0. The molecule has 0 heterocycles. The highest BCUT2D eigenvalue weighted by Crippen LogP contribution is 2.30. The zero-order valence-electron chi connectivity index (χ0n) is 9.09. The van der Waals surface area contributed by atoms with Crippen LogP contribution >= 0.6 is 0 Å². The molecule has 2 rings (SSSR count). The van der Waals surface area contributed by atoms with E-state index < -0.39 is 0 Å². The minimum atomic E-state index is 0.323. The normalized spacial score (nSPS) is 32.6. The highest BCUT2D eigenvalue weighted by atomic mass is 16.1. The molecule has 2 fully saturated rings. The fraction of sp³-hybridized carbons (Fsp3) is 0.917. The Morgan fingerprint density at radius 1 is 1.14 bits per heavy atom. The molecule has 0 atom stereocenters. The average molecular weight is 195 g/mol. The van der Waals surface area contributed by atoms with Gasteiger partial charge in [0.2, 0.25) is 5.91 Å². The van der Waals surface area contributed by atoms with Crippen LogP contribution in [0.15, 0.2) is 0 Å². The van der Waals surface area contributed by atoms with Crippen molar-refractivity contribution in [3.63, 3.8) is 0 Å². The summed E-state index contributed by atoms with van der Waals surface area (Å²) in [5.41, 5.74) is 0. The standard InChI is InChI=1S/C12H21NO/c1-9-2-6-11(7-3-9)12(14)13-8-10-4-5-10/h9-11H,2-8H2,1H3,(H,13,14). The zero-order valence-corrected chi connectivity index (χ0v) is 9.09. The Kier molecular flexibility index (Phi) is 3.09. The number of carbonyl (C=O) groups is 1. The highest BCUT2D eigenvalue weighted by molar-refractivity contribution is 5.78. The number of rotatable bonds is 3. The molecule has 2 nitrogen and oxygen atoms in total. The summed E-state index contributed by atoms with van der Waals surface area (Å²) in [7, 11) is 0. The van der Waals surface area contributed by atoms with Gasteiger partial charge in [-0.15, -0.1) is 0 Å². The van der Waals surface area contributed by atoms with Crippen LogP contribution in [0.2, 0.25) is 0 Å². The third-order valence-electron chi connectivity index (χ3n) is 3.65. The third kappa shape index (κ3) is 2.73. The topological polar surface area (TPSA) is 29.1 Å². The molecule has 2 heteroatoms. The predicted molar refractivity (Wildman–Crippen MR) is 56.9 cm³/mol. The number of amides is 1. The minimum absolute atomic E-state index is 0.323. The van der Waals surface area contributed by atoms with Gasteiger partial charge in [0.1, 0.15) is 0 Å². The van der Waals surface area contributed by atoms with E-state index >= 15 is 0 Å². The van der Waals surface area contributed by atoms with E-state index in [0.717, 1.165) is 31.2 Å². The fourth-order valence-corrected chi connectivity index (χ4v) is 2.23. The maximum absolute atomic E-state index is 11.7. The lowest BCUT2D eigenvalue weighted by atomic mass is 9.82. The SMILES string of the molecule is CC1CCC(C(=O)NCC2CC2)CC1. The van der Waals surface area contributed by atoms with Gasteiger partial charge in [0.15, 0.2) is 0 Å². The smallest absolute Gasteiger partial charge is 0.223 e. The summed E-state index contributed by atoms with van der Waals surface area (Å²) in [6.45, 7) is 3.23. The van der Waals surface area contributed by atoms with Crippen LogP contribution in [-0.2, 0) is 4.79 Å². The van der Waals surface area contributed by atoms with Crippen molar-refractivity contribution in [1.29, 1.82) is 0 Å². The Hall–Kier alpha value is -0.530. The van der Waals surface area contributed by atoms with Crippen LogP contribution in [0.4, 0.5) is 0 Å². The number of carbonyl (C=O) groups excluding carboxylic acids is 1. The first-order valence-electron chi connectivity index (χ1n) is 6.03. The van der Waals surface area contributed by atoms with Crippen LogP contribution in [0.1, 0.15) is 45.4 Å². The van der Waals surface area contributed by atoms with Crippen LogP contribution in [0, 0.1) is 17.8 Å². The number of nitrogens with one attached hydrogen (secondary N) is 1. The molecule has 0 aromatic rings. The van der Waals surface area contributed by atoms with Gasteiger partial charge in [0.05, 0.1) is 0 Å². The van der Waals surface area contributed by atoms with Gasteiger partial charge in [-0.05, 0) is 50.4 Å². The molecule has 2 aliphatic rings. The molecule has 0 radical (unpaired) electrons. The van der Waals surface area contributed by atoms with E-state index in [1.54, 1.807) is 0 Å². The summed E-state index contributed by atoms with van der Waals surface area (Å²) in [5.74, 6) is 2.29. The second-order valence-corrected chi connectivity index (χ2v) is 5.15. The van der Waals surface area contributed by atoms with E-state index in [0.29, 0.717) is 11.8 Å². The molecule has 2 aliphatic carbocycles. The van der Waals surface area contributed by atoms with E-state index in [9.17, 15) is 4.79 Å². The van der Waals surface area contributed by atoms with E-state index in [1.165, 1.54) is 25.7 Å². The molecular formula is C12H21NO. The Balaban J connectivity index is 1.68. The maximum Gasteiger partial charge on any atom is 0.223 e. The second kappa shape index (κ2) is 4.33. The summed E-state index contributed by atoms with van der Waals surface area (Å²) in [4.78, 5) is 11.7. The van der Waals surface area contributed by atoms with Crippen LogP contribution in [0.25, 0.3) is 0 Å². The van der Waals surface area contributed by atoms with Gasteiger partial charge in [-0.2, -0.15) is 0 Å². The molecule has 0 saturated heterocycles. The molecular weight excluding hydrogens is 174 g/mol. The molecule has 0 aliphatic heterocycles. The number of hydrogen-bond donors (Lipinski definition) is 1. The van der Waals surface area contributed by atoms with Crippen LogP contribution in [0.5, 0.6) is 0 Å². The lowest BCUT2D eigenvalue weighted by molar-refractivity contribution is -0.126. The summed E-state index contributed by atoms with van der Waals surface area (Å²) >= 11 is 0. The van der Waals surface area contributed by atoms with Gasteiger partial charge in [0, 0.05) is 12.5 Å². The molecule has 0 aromatic carbocycles. The molecule has 2 saturated carbocycles. The second-order valence-electron chi connectivity index (χ2n) is 5.15. The van der Waals surface area contributed by atoms with Crippen molar-refractivity contribution in [3.05, 3.63) is 0 Å². The third-order valence-corrected chi connectivity index (χ3v) is 3.65. The zero-order chi connectivity index (χ0) is 9.97. The quantitative estimate of drug-likeness (QED) is 0.736. The summed E-state index contributed by atoms with van der Waals surface area (Å²) in [6, 6.07) is 0. The molecule has 1 amide bonds. The van der Waals surface area contributed by atoms with Gasteiger partial charge in [-0.1, -0.05) is 6.92 Å². The summed E-state index contributed by atoms with van der Waals surface area (Å²) in [6.07, 6.45) is 7.34. The minimum Gasteiger partial charge on any atom is -0.356 e. The lowest BCUT2D eigenvalue weighted by Crippen LogP contribution is -2.34. The van der Waals surface area contributed by atoms with Crippen molar-refractivity contribution in [1.82, 2.24) is 5.32 Å². The van der Waals surface area contributed by atoms with Crippen LogP contribution in [0.3, 0.4) is 0 Å². The van der Waals surface area contributed by atoms with Crippen molar-refractivity contribution in [2.24, 2.45) is 17.8 Å². The highest BCUT2D eigenvalue weighted by Gasteiger charge is 2.26. The van der Waals surface area contributed by atoms with Crippen molar-refractivity contribution in [2.75, 3.05) is 6.54 Å². The van der Waals surface area contributed by atoms with Crippen molar-refractivity contribution in [2.45, 2.75) is 45.4 Å². The predicted octanol–water partition coefficient (Wildman–Crippen LogP) is 2.34. The summed E-state index contributed by atoms with van der Waals surface area (Å²) in [5, 5.41) is 3.09. The Morgan fingerprint density at radius 2 is 1.79 bits per heavy atom. The molecule has 1 N–H and O–H groups in total. The van der Waals surface area contributed by atoms with E-state index in [4.69, 9.17) is 0 Å². The van der Waals surface area contributed by atoms with Gasteiger partial charge in [-0.3, -0.25) is 4.79 Å². The molecule has 80 valence electrons. The van der Waals surface area contributed by atoms with Gasteiger partial charge >= 0.3 is 0 Å². The summed E-state index contributed by atoms with van der Waals surface area (Å²) < 4.78 is 0. The fourth-order valence-electron chi connectivity index (χ4n) is 2.23. The van der Waals surface area contributed by atoms with Gasteiger partial charge in [-0.25, -0.2) is 0 Å². The Bertz CT molecular complexity index is 202. The largest absolute Gasteiger partial charge is 0.356 e. The average Bonchev–Trinajstić information content (AvgIpc) is 2.99. The van der Waals surface area contributed by atoms with E-state index in [1.807, 2.05) is 0 Å². The van der Waals surface area contributed by atoms with Crippen molar-refractivity contribution in [3.8, 4) is 0 Å². The van der Waals surface area contributed by atoms with E-state index in [2.05, 4.69) is 12.2 Å². The van der Waals surface area contributed by atoms with Gasteiger partial charge in [0.25, 0.3) is 0 Å². The molecule has 14 heavy (non-hydrogen) atoms.